The van der Waals surface area contributed by atoms with Gasteiger partial charge in [0.05, 0.1) is 56.9 Å². The molecule has 0 unspecified atom stereocenters. The molecule has 4 aromatic carbocycles. The minimum Gasteiger partial charge on any atom is -0.497 e. The maximum absolute atomic E-state index is 5.72. The van der Waals surface area contributed by atoms with Gasteiger partial charge < -0.3 is 37.9 Å². The first kappa shape index (κ1) is 30.7. The Labute approximate surface area is 259 Å². The molecule has 0 aliphatic heterocycles. The van der Waals surface area contributed by atoms with Crippen molar-refractivity contribution in [1.82, 2.24) is 0 Å². The molecule has 44 heavy (non-hydrogen) atoms. The molecule has 8 nitrogen and oxygen atoms in total. The van der Waals surface area contributed by atoms with Crippen LogP contribution in [0, 0.1) is 0 Å². The normalized spacial score (nSPS) is 18.9. The Hall–Kier alpha value is -4.72. The summed E-state index contributed by atoms with van der Waals surface area (Å²) >= 11 is 0. The summed E-state index contributed by atoms with van der Waals surface area (Å²) in [7, 11) is 13.3. The molecule has 0 amide bonds. The van der Waals surface area contributed by atoms with Crippen molar-refractivity contribution in [3.63, 3.8) is 0 Å². The van der Waals surface area contributed by atoms with Crippen molar-refractivity contribution in [2.75, 3.05) is 56.9 Å². The monoisotopic (exact) mass is 600 g/mol. The minimum atomic E-state index is -0.0187. The topological polar surface area (TPSA) is 73.8 Å². The summed E-state index contributed by atoms with van der Waals surface area (Å²) in [4.78, 5) is 0. The highest BCUT2D eigenvalue weighted by molar-refractivity contribution is 5.56. The maximum Gasteiger partial charge on any atom is 0.122 e. The highest BCUT2D eigenvalue weighted by Gasteiger charge is 2.53. The molecule has 0 heterocycles. The summed E-state index contributed by atoms with van der Waals surface area (Å²) in [6, 6.07) is 24.3. The third-order valence-corrected chi connectivity index (χ3v) is 8.58. The molecule has 0 bridgehead atoms. The molecule has 5 rings (SSSR count). The average molecular weight is 601 g/mol. The number of methoxy groups -OCH3 is 8. The van der Waals surface area contributed by atoms with Crippen molar-refractivity contribution < 1.29 is 37.9 Å². The second kappa shape index (κ2) is 13.3. The lowest BCUT2D eigenvalue weighted by Crippen LogP contribution is -2.40. The summed E-state index contributed by atoms with van der Waals surface area (Å²) < 4.78 is 45.8. The predicted octanol–water partition coefficient (Wildman–Crippen LogP) is 7.20. The van der Waals surface area contributed by atoms with Crippen molar-refractivity contribution in [3.8, 4) is 46.0 Å². The molecular weight excluding hydrogens is 560 g/mol. The van der Waals surface area contributed by atoms with Crippen LogP contribution in [0.4, 0.5) is 0 Å². The number of hydrogen-bond acceptors (Lipinski definition) is 8. The van der Waals surface area contributed by atoms with E-state index >= 15 is 0 Å². The Balaban J connectivity index is 1.82. The lowest BCUT2D eigenvalue weighted by Gasteiger charge is -2.54. The average Bonchev–Trinajstić information content (AvgIpc) is 3.06. The molecule has 4 aromatic rings. The van der Waals surface area contributed by atoms with Crippen LogP contribution < -0.4 is 37.9 Å². The van der Waals surface area contributed by atoms with Gasteiger partial charge in [0.15, 0.2) is 0 Å². The molecule has 0 N–H and O–H groups in total. The van der Waals surface area contributed by atoms with Crippen LogP contribution in [0.3, 0.4) is 0 Å². The second-order valence-electron chi connectivity index (χ2n) is 10.7. The van der Waals surface area contributed by atoms with Crippen LogP contribution in [0.15, 0.2) is 72.8 Å². The van der Waals surface area contributed by atoms with Crippen LogP contribution in [-0.2, 0) is 0 Å². The number of rotatable bonds is 12. The molecule has 8 heteroatoms. The van der Waals surface area contributed by atoms with E-state index < -0.39 is 0 Å². The van der Waals surface area contributed by atoms with Gasteiger partial charge in [-0.3, -0.25) is 0 Å². The van der Waals surface area contributed by atoms with Crippen LogP contribution in [0.1, 0.15) is 45.9 Å². The third-order valence-electron chi connectivity index (χ3n) is 8.58. The zero-order valence-corrected chi connectivity index (χ0v) is 26.5. The van der Waals surface area contributed by atoms with Crippen LogP contribution in [0.2, 0.25) is 0 Å². The fourth-order valence-corrected chi connectivity index (χ4v) is 6.49. The summed E-state index contributed by atoms with van der Waals surface area (Å²) in [5.41, 5.74) is 4.30. The smallest absolute Gasteiger partial charge is 0.122 e. The van der Waals surface area contributed by atoms with E-state index in [1.165, 1.54) is 0 Å². The fourth-order valence-electron chi connectivity index (χ4n) is 6.49. The van der Waals surface area contributed by atoms with Gasteiger partial charge in [-0.15, -0.1) is 0 Å². The van der Waals surface area contributed by atoms with E-state index in [2.05, 4.69) is 48.5 Å². The van der Waals surface area contributed by atoms with Gasteiger partial charge in [-0.05, 0) is 94.5 Å². The van der Waals surface area contributed by atoms with E-state index in [1.54, 1.807) is 56.9 Å². The Morgan fingerprint density at radius 3 is 0.500 bits per heavy atom. The largest absolute Gasteiger partial charge is 0.497 e. The van der Waals surface area contributed by atoms with Gasteiger partial charge in [0.2, 0.25) is 0 Å². The first-order chi connectivity index (χ1) is 21.4. The molecule has 1 aliphatic carbocycles. The number of benzene rings is 4. The summed E-state index contributed by atoms with van der Waals surface area (Å²) in [6.45, 7) is 0. The summed E-state index contributed by atoms with van der Waals surface area (Å²) in [5, 5.41) is 0. The van der Waals surface area contributed by atoms with Gasteiger partial charge in [-0.1, -0.05) is 0 Å². The maximum atomic E-state index is 5.72. The zero-order valence-electron chi connectivity index (χ0n) is 26.5. The van der Waals surface area contributed by atoms with Crippen LogP contribution in [0.5, 0.6) is 46.0 Å². The first-order valence-electron chi connectivity index (χ1n) is 14.3. The Bertz CT molecular complexity index is 1260. The van der Waals surface area contributed by atoms with Crippen LogP contribution >= 0.6 is 0 Å². The minimum absolute atomic E-state index is 0.0187. The molecule has 1 fully saturated rings. The third kappa shape index (κ3) is 5.89. The van der Waals surface area contributed by atoms with Crippen LogP contribution in [0.25, 0.3) is 0 Å². The number of hydrogen-bond donors (Lipinski definition) is 0. The van der Waals surface area contributed by atoms with E-state index in [1.807, 2.05) is 24.3 Å². The van der Waals surface area contributed by atoms with Crippen molar-refractivity contribution in [1.29, 1.82) is 0 Å². The Morgan fingerprint density at radius 1 is 0.250 bits per heavy atom. The van der Waals surface area contributed by atoms with E-state index in [0.29, 0.717) is 0 Å². The van der Waals surface area contributed by atoms with E-state index in [9.17, 15) is 0 Å². The highest BCUT2D eigenvalue weighted by atomic mass is 16.5. The molecular formula is C36H40O8. The molecule has 0 radical (unpaired) electrons. The van der Waals surface area contributed by atoms with E-state index in [4.69, 9.17) is 37.9 Å². The first-order valence-corrected chi connectivity index (χ1v) is 14.3. The van der Waals surface area contributed by atoms with Crippen molar-refractivity contribution in [2.45, 2.75) is 23.7 Å². The van der Waals surface area contributed by atoms with E-state index in [-0.39, 0.29) is 23.7 Å². The molecule has 1 aliphatic rings. The molecule has 0 spiro atoms. The molecule has 232 valence electrons. The Morgan fingerprint density at radius 2 is 0.386 bits per heavy atom. The molecule has 0 atom stereocenters. The molecule has 1 saturated carbocycles. The van der Waals surface area contributed by atoms with Crippen LogP contribution in [-0.4, -0.2) is 56.9 Å². The van der Waals surface area contributed by atoms with Crippen molar-refractivity contribution >= 4 is 0 Å². The lowest BCUT2D eigenvalue weighted by atomic mass is 9.49. The number of ether oxygens (including phenoxy) is 8. The van der Waals surface area contributed by atoms with Gasteiger partial charge in [0.1, 0.15) is 46.0 Å². The zero-order chi connectivity index (χ0) is 31.4. The lowest BCUT2D eigenvalue weighted by molar-refractivity contribution is 0.224. The Kier molecular flexibility index (Phi) is 9.28. The van der Waals surface area contributed by atoms with Gasteiger partial charge in [0, 0.05) is 24.3 Å². The van der Waals surface area contributed by atoms with Crippen molar-refractivity contribution in [3.05, 3.63) is 95.1 Å². The summed E-state index contributed by atoms with van der Waals surface area (Å²) in [6.07, 6.45) is 0. The quantitative estimate of drug-likeness (QED) is 0.169. The van der Waals surface area contributed by atoms with Gasteiger partial charge in [-0.25, -0.2) is 0 Å². The van der Waals surface area contributed by atoms with Gasteiger partial charge in [-0.2, -0.15) is 0 Å². The second-order valence-corrected chi connectivity index (χ2v) is 10.7. The van der Waals surface area contributed by atoms with Crippen molar-refractivity contribution in [2.24, 2.45) is 0 Å². The van der Waals surface area contributed by atoms with E-state index in [0.717, 1.165) is 68.2 Å². The molecule has 0 aromatic heterocycles. The van der Waals surface area contributed by atoms with Gasteiger partial charge in [0.25, 0.3) is 0 Å². The fraction of sp³-hybridized carbons (Fsp3) is 0.333. The predicted molar refractivity (Wildman–Crippen MR) is 169 cm³/mol. The highest BCUT2D eigenvalue weighted by Crippen LogP contribution is 2.68. The molecule has 0 saturated heterocycles. The standard InChI is InChI=1S/C36H40O8/c1-37-25-9-21(10-26(17-25)38-2)33-34(22-11-27(39-3)18-28(12-22)40-4)36(24-15-31(43-7)20-32(16-24)44-8)35(33)23-13-29(41-5)19-30(14-23)42-6/h9-20,33-36H,1-8H3. The summed E-state index contributed by atoms with van der Waals surface area (Å²) in [5.74, 6) is 5.66. The van der Waals surface area contributed by atoms with Gasteiger partial charge >= 0.3 is 0 Å². The SMILES string of the molecule is COc1cc(OC)cc(C2C(c3cc(OC)cc(OC)c3)C(c3cc(OC)cc(OC)c3)C2c2cc(OC)cc(OC)c2)c1.